The normalized spacial score (nSPS) is 34.9. The molecule has 0 aliphatic heterocycles. The van der Waals surface area contributed by atoms with Crippen LogP contribution in [0.3, 0.4) is 0 Å². The number of hydrogen-bond donors (Lipinski definition) is 7. The first kappa shape index (κ1) is 25.7. The van der Waals surface area contributed by atoms with E-state index in [1.54, 1.807) is 0 Å². The Morgan fingerprint density at radius 3 is 2.24 bits per heavy atom. The number of rotatable bonds is 2. The monoisotopic (exact) mass is 496 g/mol. The largest absolute Gasteiger partial charge is 0.508 e. The maximum absolute atomic E-state index is 13.7. The van der Waals surface area contributed by atoms with Crippen molar-refractivity contribution in [3.05, 3.63) is 46.2 Å². The van der Waals surface area contributed by atoms with E-state index < -0.39 is 81.1 Å². The molecule has 34 heavy (non-hydrogen) atoms. The molecular formula is C22H25ClN2O9. The number of carbonyl (C=O) groups is 3. The summed E-state index contributed by atoms with van der Waals surface area (Å²) in [6, 6.07) is 2.50. The second-order valence-electron chi connectivity index (χ2n) is 9.06. The van der Waals surface area contributed by atoms with Crippen molar-refractivity contribution in [2.45, 2.75) is 30.3 Å². The summed E-state index contributed by atoms with van der Waals surface area (Å²) in [5, 5.41) is 66.3. The fraction of sp³-hybridized carbons (Fsp3) is 0.409. The van der Waals surface area contributed by atoms with Crippen molar-refractivity contribution in [1.82, 2.24) is 4.90 Å². The van der Waals surface area contributed by atoms with E-state index in [4.69, 9.17) is 5.73 Å². The van der Waals surface area contributed by atoms with Crippen molar-refractivity contribution >= 4 is 35.6 Å². The Bertz CT molecular complexity index is 1190. The van der Waals surface area contributed by atoms with E-state index in [2.05, 4.69) is 0 Å². The predicted octanol–water partition coefficient (Wildman–Crippen LogP) is -0.978. The molecule has 3 aliphatic rings. The Balaban J connectivity index is 0.00000324. The van der Waals surface area contributed by atoms with E-state index in [0.717, 1.165) is 0 Å². The minimum atomic E-state index is -3.02. The molecule has 0 spiro atoms. The topological polar surface area (TPSA) is 202 Å². The van der Waals surface area contributed by atoms with Gasteiger partial charge in [0.15, 0.2) is 11.4 Å². The number of nitrogens with two attached hydrogens (primary N) is 1. The van der Waals surface area contributed by atoms with Crippen molar-refractivity contribution in [3.8, 4) is 5.75 Å². The van der Waals surface area contributed by atoms with Crippen LogP contribution >= 0.6 is 12.4 Å². The summed E-state index contributed by atoms with van der Waals surface area (Å²) in [5.74, 6) is -9.67. The zero-order chi connectivity index (χ0) is 24.8. The van der Waals surface area contributed by atoms with Crippen molar-refractivity contribution in [2.75, 3.05) is 14.1 Å². The highest BCUT2D eigenvalue weighted by Crippen LogP contribution is 2.57. The second-order valence-corrected chi connectivity index (χ2v) is 9.06. The molecule has 2 unspecified atom stereocenters. The number of phenolic OH excluding ortho intramolecular Hbond substituents is 1. The smallest absolute Gasteiger partial charge is 0.255 e. The molecule has 0 aromatic heterocycles. The van der Waals surface area contributed by atoms with Gasteiger partial charge in [0.2, 0.25) is 5.78 Å². The van der Waals surface area contributed by atoms with Gasteiger partial charge in [-0.3, -0.25) is 19.3 Å². The first-order chi connectivity index (χ1) is 15.2. The Kier molecular flexibility index (Phi) is 5.88. The molecule has 1 fully saturated rings. The number of benzene rings is 1. The highest BCUT2D eigenvalue weighted by molar-refractivity contribution is 6.24. The number of aliphatic hydroxyl groups excluding tert-OH is 3. The molecular weight excluding hydrogens is 472 g/mol. The van der Waals surface area contributed by atoms with Gasteiger partial charge in [-0.1, -0.05) is 12.1 Å². The van der Waals surface area contributed by atoms with Crippen LogP contribution in [0, 0.1) is 11.8 Å². The quantitative estimate of drug-likeness (QED) is 0.249. The van der Waals surface area contributed by atoms with Gasteiger partial charge in [-0.2, -0.15) is 0 Å². The summed E-state index contributed by atoms with van der Waals surface area (Å²) in [7, 11) is 2.80. The van der Waals surface area contributed by atoms with Crippen LogP contribution in [0.5, 0.6) is 5.75 Å². The number of fused-ring (bicyclic) bond motifs is 3. The summed E-state index contributed by atoms with van der Waals surface area (Å²) in [5.41, 5.74) is -1.78. The standard InChI is InChI=1S/C22H24N2O9.ClH/c1-21(32)7-5-4-6-8(25)9(7)15(26)10-12(21)17(28)13-14(24(2)3)16(27)11(20(23)31)19(30)22(13,33)18(10)29;/h4-6,12-14,17,25-26,28,30,32-33H,1-3H3,(H2,23,31);1H/t12-,13-,14?,17+,21?,22+;/m1./s1. The number of phenols is 1. The highest BCUT2D eigenvalue weighted by Gasteiger charge is 2.70. The molecule has 0 heterocycles. The first-order valence-corrected chi connectivity index (χ1v) is 10.1. The summed E-state index contributed by atoms with van der Waals surface area (Å²) < 4.78 is 0. The number of aromatic hydroxyl groups is 1. The molecule has 184 valence electrons. The van der Waals surface area contributed by atoms with E-state index in [9.17, 15) is 45.0 Å². The van der Waals surface area contributed by atoms with Crippen molar-refractivity contribution in [3.63, 3.8) is 0 Å². The van der Waals surface area contributed by atoms with E-state index in [-0.39, 0.29) is 23.5 Å². The Morgan fingerprint density at radius 1 is 1.12 bits per heavy atom. The van der Waals surface area contributed by atoms with Crippen LogP contribution in [0.4, 0.5) is 0 Å². The van der Waals surface area contributed by atoms with Gasteiger partial charge in [0.05, 0.1) is 40.7 Å². The molecule has 0 saturated heterocycles. The third-order valence-corrected chi connectivity index (χ3v) is 7.03. The van der Waals surface area contributed by atoms with E-state index in [0.29, 0.717) is 0 Å². The van der Waals surface area contributed by atoms with Crippen LogP contribution < -0.4 is 5.73 Å². The van der Waals surface area contributed by atoms with E-state index in [1.807, 2.05) is 0 Å². The molecule has 1 aromatic rings. The Hall–Kier alpha value is -2.96. The molecule has 1 aromatic carbocycles. The summed E-state index contributed by atoms with van der Waals surface area (Å²) in [6.45, 7) is 1.25. The molecule has 11 nitrogen and oxygen atoms in total. The molecule has 0 radical (unpaired) electrons. The summed E-state index contributed by atoms with van der Waals surface area (Å²) >= 11 is 0. The zero-order valence-electron chi connectivity index (χ0n) is 18.4. The van der Waals surface area contributed by atoms with Gasteiger partial charge in [0, 0.05) is 0 Å². The average molecular weight is 497 g/mol. The van der Waals surface area contributed by atoms with Crippen molar-refractivity contribution < 1.29 is 45.0 Å². The lowest BCUT2D eigenvalue weighted by Crippen LogP contribution is -2.71. The Morgan fingerprint density at radius 2 is 1.71 bits per heavy atom. The number of primary amides is 1. The molecule has 12 heteroatoms. The minimum Gasteiger partial charge on any atom is -0.508 e. The van der Waals surface area contributed by atoms with E-state index >= 15 is 0 Å². The predicted molar refractivity (Wildman–Crippen MR) is 119 cm³/mol. The van der Waals surface area contributed by atoms with Gasteiger partial charge in [0.25, 0.3) is 5.91 Å². The van der Waals surface area contributed by atoms with Gasteiger partial charge >= 0.3 is 0 Å². The lowest BCUT2D eigenvalue weighted by molar-refractivity contribution is -0.181. The van der Waals surface area contributed by atoms with Gasteiger partial charge in [-0.05, 0) is 32.6 Å². The van der Waals surface area contributed by atoms with Gasteiger partial charge in [0.1, 0.15) is 22.8 Å². The Labute approximate surface area is 199 Å². The lowest BCUT2D eigenvalue weighted by Gasteiger charge is -2.55. The lowest BCUT2D eigenvalue weighted by atomic mass is 9.53. The zero-order valence-corrected chi connectivity index (χ0v) is 19.2. The van der Waals surface area contributed by atoms with Crippen molar-refractivity contribution in [1.29, 1.82) is 0 Å². The number of Topliss-reactive ketones (excluding diaryl/α,β-unsaturated/α-hetero) is 2. The SMILES string of the molecule is CN(C)C1C(=O)C(C(N)=O)=C(O)[C@@]2(O)C(=O)C3=C(O)c4c(O)cccc4C(C)(O)[C@H]3[C@H](O)[C@@H]12.Cl. The second kappa shape index (κ2) is 7.79. The number of ketones is 2. The van der Waals surface area contributed by atoms with Gasteiger partial charge < -0.3 is 36.4 Å². The van der Waals surface area contributed by atoms with Crippen molar-refractivity contribution in [2.24, 2.45) is 17.6 Å². The maximum atomic E-state index is 13.7. The number of carbonyl (C=O) groups excluding carboxylic acids is 3. The van der Waals surface area contributed by atoms with Crippen LogP contribution in [-0.4, -0.2) is 84.9 Å². The molecule has 3 aliphatic carbocycles. The third kappa shape index (κ3) is 2.88. The van der Waals surface area contributed by atoms with Crippen LogP contribution in [0.15, 0.2) is 35.1 Å². The minimum absolute atomic E-state index is 0. The number of amides is 1. The van der Waals surface area contributed by atoms with Crippen LogP contribution in [0.25, 0.3) is 5.76 Å². The fourth-order valence-corrected chi connectivity index (χ4v) is 5.60. The molecule has 1 saturated carbocycles. The number of aliphatic hydroxyl groups is 5. The number of likely N-dealkylation sites (N-methyl/N-ethyl adjacent to an activating group) is 1. The summed E-state index contributed by atoms with van der Waals surface area (Å²) in [4.78, 5) is 39.9. The third-order valence-electron chi connectivity index (χ3n) is 7.03. The van der Waals surface area contributed by atoms with Gasteiger partial charge in [-0.25, -0.2) is 0 Å². The molecule has 1 amide bonds. The van der Waals surface area contributed by atoms with Crippen LogP contribution in [-0.2, 0) is 20.0 Å². The molecule has 6 atom stereocenters. The molecule has 4 rings (SSSR count). The van der Waals surface area contributed by atoms with Crippen LogP contribution in [0.1, 0.15) is 18.1 Å². The van der Waals surface area contributed by atoms with Gasteiger partial charge in [-0.15, -0.1) is 12.4 Å². The fourth-order valence-electron chi connectivity index (χ4n) is 5.60. The first-order valence-electron chi connectivity index (χ1n) is 10.1. The van der Waals surface area contributed by atoms with E-state index in [1.165, 1.54) is 44.1 Å². The van der Waals surface area contributed by atoms with Crippen LogP contribution in [0.2, 0.25) is 0 Å². The average Bonchev–Trinajstić information content (AvgIpc) is 2.70. The number of halogens is 1. The highest BCUT2D eigenvalue weighted by atomic mass is 35.5. The summed E-state index contributed by atoms with van der Waals surface area (Å²) in [6.07, 6.45) is -1.87. The molecule has 0 bridgehead atoms. The number of hydrogen-bond acceptors (Lipinski definition) is 10. The number of nitrogens with zero attached hydrogens (tertiary/aromatic N) is 1. The molecule has 8 N–H and O–H groups in total. The maximum Gasteiger partial charge on any atom is 0.255 e.